The minimum atomic E-state index is -0.122. The van der Waals surface area contributed by atoms with E-state index in [-0.39, 0.29) is 5.56 Å². The largest absolute Gasteiger partial charge is 0.370 e. The van der Waals surface area contributed by atoms with Crippen molar-refractivity contribution in [1.82, 2.24) is 15.0 Å². The number of aromatic amines is 2. The fraction of sp³-hybridized carbons (Fsp3) is 0.250. The zero-order valence-electron chi connectivity index (χ0n) is 11.9. The zero-order chi connectivity index (χ0) is 15.1. The van der Waals surface area contributed by atoms with Gasteiger partial charge in [0.15, 0.2) is 0 Å². The summed E-state index contributed by atoms with van der Waals surface area (Å²) in [6.45, 7) is 1.98. The highest BCUT2D eigenvalue weighted by molar-refractivity contribution is 6.30. The van der Waals surface area contributed by atoms with Crippen molar-refractivity contribution in [1.29, 1.82) is 0 Å². The number of fused-ring (bicyclic) bond motifs is 1. The molecule has 112 valence electrons. The summed E-state index contributed by atoms with van der Waals surface area (Å²) < 4.78 is 0. The molecule has 1 aliphatic rings. The molecule has 5 nitrogen and oxygen atoms in total. The van der Waals surface area contributed by atoms with Crippen molar-refractivity contribution in [3.63, 3.8) is 0 Å². The summed E-state index contributed by atoms with van der Waals surface area (Å²) in [6, 6.07) is 7.30. The minimum absolute atomic E-state index is 0.122. The van der Waals surface area contributed by atoms with E-state index in [1.807, 2.05) is 18.3 Å². The number of halogens is 1. The van der Waals surface area contributed by atoms with Crippen LogP contribution in [0, 0.1) is 0 Å². The standard InChI is InChI=1S/C16H15ClN4O/c17-11-5-3-4-10(8-11)14-19-15-13(16(22)20-14)12(9-18-15)21-6-1-2-7-21/h3-5,8-9H,1-2,6-7H2,(H2,18,19,20,22). The summed E-state index contributed by atoms with van der Waals surface area (Å²) in [7, 11) is 0. The molecule has 0 spiro atoms. The molecule has 0 atom stereocenters. The van der Waals surface area contributed by atoms with Gasteiger partial charge in [-0.2, -0.15) is 0 Å². The highest BCUT2D eigenvalue weighted by Gasteiger charge is 2.19. The Morgan fingerprint density at radius 2 is 2.05 bits per heavy atom. The lowest BCUT2D eigenvalue weighted by atomic mass is 10.2. The van der Waals surface area contributed by atoms with Gasteiger partial charge in [-0.05, 0) is 25.0 Å². The summed E-state index contributed by atoms with van der Waals surface area (Å²) in [5.41, 5.74) is 2.23. The highest BCUT2D eigenvalue weighted by atomic mass is 35.5. The molecule has 0 radical (unpaired) electrons. The van der Waals surface area contributed by atoms with Crippen LogP contribution < -0.4 is 10.5 Å². The van der Waals surface area contributed by atoms with Gasteiger partial charge >= 0.3 is 0 Å². The van der Waals surface area contributed by atoms with Crippen molar-refractivity contribution >= 4 is 28.3 Å². The molecule has 4 rings (SSSR count). The Morgan fingerprint density at radius 3 is 2.82 bits per heavy atom. The fourth-order valence-corrected chi connectivity index (χ4v) is 3.19. The van der Waals surface area contributed by atoms with Gasteiger partial charge in [-0.15, -0.1) is 0 Å². The number of nitrogens with one attached hydrogen (secondary N) is 2. The maximum absolute atomic E-state index is 12.5. The van der Waals surface area contributed by atoms with Crippen molar-refractivity contribution in [3.8, 4) is 11.4 Å². The molecule has 1 fully saturated rings. The Hall–Kier alpha value is -2.27. The quantitative estimate of drug-likeness (QED) is 0.763. The molecule has 1 aromatic carbocycles. The van der Waals surface area contributed by atoms with E-state index in [1.54, 1.807) is 12.1 Å². The van der Waals surface area contributed by atoms with E-state index in [0.717, 1.165) is 24.3 Å². The highest BCUT2D eigenvalue weighted by Crippen LogP contribution is 2.27. The molecule has 2 N–H and O–H groups in total. The third-order valence-electron chi connectivity index (χ3n) is 4.07. The first-order valence-corrected chi connectivity index (χ1v) is 7.72. The van der Waals surface area contributed by atoms with Gasteiger partial charge in [0.2, 0.25) is 0 Å². The first-order valence-electron chi connectivity index (χ1n) is 7.35. The minimum Gasteiger partial charge on any atom is -0.370 e. The predicted molar refractivity (Wildman–Crippen MR) is 88.6 cm³/mol. The lowest BCUT2D eigenvalue weighted by Gasteiger charge is -2.15. The molecule has 22 heavy (non-hydrogen) atoms. The van der Waals surface area contributed by atoms with Crippen molar-refractivity contribution in [3.05, 3.63) is 45.8 Å². The van der Waals surface area contributed by atoms with Gasteiger partial charge in [0.05, 0.1) is 5.69 Å². The first-order chi connectivity index (χ1) is 10.7. The monoisotopic (exact) mass is 314 g/mol. The molecule has 3 heterocycles. The Labute approximate surface area is 131 Å². The van der Waals surface area contributed by atoms with Gasteiger partial charge in [0.1, 0.15) is 16.9 Å². The van der Waals surface area contributed by atoms with Crippen molar-refractivity contribution in [2.24, 2.45) is 0 Å². The Kier molecular flexibility index (Phi) is 3.15. The van der Waals surface area contributed by atoms with E-state index in [1.165, 1.54) is 12.8 Å². The van der Waals surface area contributed by atoms with E-state index < -0.39 is 0 Å². The van der Waals surface area contributed by atoms with Gasteiger partial charge in [0.25, 0.3) is 5.56 Å². The molecule has 0 bridgehead atoms. The SMILES string of the molecule is O=c1[nH]c(-c2cccc(Cl)c2)nc2[nH]cc(N3CCCC3)c12. The summed E-state index contributed by atoms with van der Waals surface area (Å²) in [5, 5.41) is 1.25. The van der Waals surface area contributed by atoms with Crippen LogP contribution in [-0.4, -0.2) is 28.0 Å². The van der Waals surface area contributed by atoms with E-state index in [9.17, 15) is 4.79 Å². The van der Waals surface area contributed by atoms with Crippen LogP contribution in [0.25, 0.3) is 22.4 Å². The third-order valence-corrected chi connectivity index (χ3v) is 4.30. The van der Waals surface area contributed by atoms with E-state index in [2.05, 4.69) is 19.9 Å². The van der Waals surface area contributed by atoms with Crippen molar-refractivity contribution in [2.75, 3.05) is 18.0 Å². The molecule has 1 aliphatic heterocycles. The van der Waals surface area contributed by atoms with E-state index >= 15 is 0 Å². The zero-order valence-corrected chi connectivity index (χ0v) is 12.7. The second kappa shape index (κ2) is 5.18. The van der Waals surface area contributed by atoms with Crippen LogP contribution >= 0.6 is 11.6 Å². The molecule has 0 amide bonds. The van der Waals surface area contributed by atoms with Gasteiger partial charge in [-0.3, -0.25) is 4.79 Å². The smallest absolute Gasteiger partial charge is 0.262 e. The molecule has 0 saturated carbocycles. The van der Waals surface area contributed by atoms with Crippen LogP contribution in [0.15, 0.2) is 35.3 Å². The second-order valence-electron chi connectivity index (χ2n) is 5.52. The van der Waals surface area contributed by atoms with Crippen molar-refractivity contribution < 1.29 is 0 Å². The second-order valence-corrected chi connectivity index (χ2v) is 5.95. The van der Waals surface area contributed by atoms with E-state index in [4.69, 9.17) is 11.6 Å². The van der Waals surface area contributed by atoms with Crippen molar-refractivity contribution in [2.45, 2.75) is 12.8 Å². The lowest BCUT2D eigenvalue weighted by Crippen LogP contribution is -2.19. The number of H-pyrrole nitrogens is 2. The average molecular weight is 315 g/mol. The van der Waals surface area contributed by atoms with Gasteiger partial charge in [-0.1, -0.05) is 23.7 Å². The fourth-order valence-electron chi connectivity index (χ4n) is 3.00. The van der Waals surface area contributed by atoms with Crippen LogP contribution in [-0.2, 0) is 0 Å². The van der Waals surface area contributed by atoms with Gasteiger partial charge < -0.3 is 14.9 Å². The topological polar surface area (TPSA) is 64.8 Å². The lowest BCUT2D eigenvalue weighted by molar-refractivity contribution is 0.949. The summed E-state index contributed by atoms with van der Waals surface area (Å²) in [4.78, 5) is 25.3. The molecule has 1 saturated heterocycles. The Balaban J connectivity index is 1.86. The van der Waals surface area contributed by atoms with Crippen LogP contribution in [0.4, 0.5) is 5.69 Å². The molecule has 2 aromatic heterocycles. The number of nitrogens with zero attached hydrogens (tertiary/aromatic N) is 2. The van der Waals surface area contributed by atoms with Crippen LogP contribution in [0.3, 0.4) is 0 Å². The molecule has 0 unspecified atom stereocenters. The number of hydrogen-bond donors (Lipinski definition) is 2. The molecule has 6 heteroatoms. The summed E-state index contributed by atoms with van der Waals surface area (Å²) in [6.07, 6.45) is 4.21. The third kappa shape index (κ3) is 2.18. The first kappa shape index (κ1) is 13.4. The van der Waals surface area contributed by atoms with Crippen LogP contribution in [0.5, 0.6) is 0 Å². The molecule has 3 aromatic rings. The maximum atomic E-state index is 12.5. The summed E-state index contributed by atoms with van der Waals surface area (Å²) >= 11 is 6.01. The van der Waals surface area contributed by atoms with Crippen LogP contribution in [0.1, 0.15) is 12.8 Å². The number of aromatic nitrogens is 3. The normalized spacial score (nSPS) is 14.9. The number of benzene rings is 1. The Bertz CT molecular complexity index is 893. The summed E-state index contributed by atoms with van der Waals surface area (Å²) in [5.74, 6) is 0.523. The number of rotatable bonds is 2. The number of anilines is 1. The predicted octanol–water partition coefficient (Wildman–Crippen LogP) is 3.17. The Morgan fingerprint density at radius 1 is 1.23 bits per heavy atom. The maximum Gasteiger partial charge on any atom is 0.262 e. The van der Waals surface area contributed by atoms with Gasteiger partial charge in [-0.25, -0.2) is 4.98 Å². The number of hydrogen-bond acceptors (Lipinski definition) is 3. The van der Waals surface area contributed by atoms with Gasteiger partial charge in [0, 0.05) is 29.9 Å². The van der Waals surface area contributed by atoms with E-state index in [0.29, 0.717) is 21.9 Å². The van der Waals surface area contributed by atoms with Crippen LogP contribution in [0.2, 0.25) is 5.02 Å². The molecular weight excluding hydrogens is 300 g/mol. The molecular formula is C16H15ClN4O. The molecule has 0 aliphatic carbocycles. The average Bonchev–Trinajstić information content (AvgIpc) is 3.16.